The van der Waals surface area contributed by atoms with Crippen LogP contribution in [-0.2, 0) is 0 Å². The van der Waals surface area contributed by atoms with E-state index in [-0.39, 0.29) is 12.1 Å². The van der Waals surface area contributed by atoms with Crippen molar-refractivity contribution in [1.29, 1.82) is 5.26 Å². The monoisotopic (exact) mass is 324 g/mol. The molecule has 0 aliphatic rings. The Morgan fingerprint density at radius 3 is 2.71 bits per heavy atom. The van der Waals surface area contributed by atoms with Crippen molar-refractivity contribution in [3.8, 4) is 6.07 Å². The number of hydrogen-bond acceptors (Lipinski definition) is 3. The van der Waals surface area contributed by atoms with Gasteiger partial charge in [0.05, 0.1) is 11.7 Å². The van der Waals surface area contributed by atoms with E-state index >= 15 is 0 Å². The SMILES string of the molecule is N#Cc1cc(NCC(O)c2cc(Cl)ccc2Cl)ccc1F. The summed E-state index contributed by atoms with van der Waals surface area (Å²) in [5.41, 5.74) is 0.972. The fraction of sp³-hybridized carbons (Fsp3) is 0.133. The Bertz CT molecular complexity index is 701. The number of aliphatic hydroxyl groups is 1. The number of hydrogen-bond donors (Lipinski definition) is 2. The van der Waals surface area contributed by atoms with Crippen molar-refractivity contribution in [2.75, 3.05) is 11.9 Å². The summed E-state index contributed by atoms with van der Waals surface area (Å²) in [5, 5.41) is 22.7. The van der Waals surface area contributed by atoms with Gasteiger partial charge in [0.1, 0.15) is 11.9 Å². The third kappa shape index (κ3) is 3.85. The zero-order chi connectivity index (χ0) is 15.4. The topological polar surface area (TPSA) is 56.0 Å². The summed E-state index contributed by atoms with van der Waals surface area (Å²) in [6.45, 7) is 0.149. The van der Waals surface area contributed by atoms with Crippen LogP contribution in [0.15, 0.2) is 36.4 Å². The van der Waals surface area contributed by atoms with Gasteiger partial charge in [0.15, 0.2) is 0 Å². The minimum absolute atomic E-state index is 0.0599. The highest BCUT2D eigenvalue weighted by atomic mass is 35.5. The van der Waals surface area contributed by atoms with Gasteiger partial charge in [-0.3, -0.25) is 0 Å². The van der Waals surface area contributed by atoms with Gasteiger partial charge in [-0.2, -0.15) is 5.26 Å². The predicted octanol–water partition coefficient (Wildman–Crippen LogP) is 4.15. The summed E-state index contributed by atoms with van der Waals surface area (Å²) in [4.78, 5) is 0. The Hall–Kier alpha value is -1.80. The standard InChI is InChI=1S/C15H11Cl2FN2O/c16-10-1-3-13(17)12(6-10)15(21)8-20-11-2-4-14(18)9(5-11)7-19/h1-6,15,20-21H,8H2. The molecule has 0 aromatic heterocycles. The van der Waals surface area contributed by atoms with Crippen LogP contribution in [0.4, 0.5) is 10.1 Å². The van der Waals surface area contributed by atoms with Crippen molar-refractivity contribution in [3.05, 3.63) is 63.4 Å². The van der Waals surface area contributed by atoms with Crippen LogP contribution < -0.4 is 5.32 Å². The molecule has 0 aliphatic carbocycles. The van der Waals surface area contributed by atoms with Crippen LogP contribution in [-0.4, -0.2) is 11.7 Å². The number of rotatable bonds is 4. The first-order valence-electron chi connectivity index (χ1n) is 6.08. The Kier molecular flexibility index (Phi) is 5.03. The van der Waals surface area contributed by atoms with Gasteiger partial charge in [0.2, 0.25) is 0 Å². The maximum atomic E-state index is 13.2. The fourth-order valence-corrected chi connectivity index (χ4v) is 2.24. The van der Waals surface area contributed by atoms with Crippen LogP contribution in [0.3, 0.4) is 0 Å². The molecule has 21 heavy (non-hydrogen) atoms. The average Bonchev–Trinajstić information content (AvgIpc) is 2.48. The molecule has 2 aromatic carbocycles. The molecule has 0 amide bonds. The Morgan fingerprint density at radius 2 is 2.00 bits per heavy atom. The van der Waals surface area contributed by atoms with E-state index in [0.29, 0.717) is 21.3 Å². The van der Waals surface area contributed by atoms with Crippen molar-refractivity contribution >= 4 is 28.9 Å². The molecule has 6 heteroatoms. The zero-order valence-electron chi connectivity index (χ0n) is 10.8. The number of nitriles is 1. The van der Waals surface area contributed by atoms with Gasteiger partial charge in [-0.25, -0.2) is 4.39 Å². The predicted molar refractivity (Wildman–Crippen MR) is 81.0 cm³/mol. The largest absolute Gasteiger partial charge is 0.387 e. The van der Waals surface area contributed by atoms with Crippen molar-refractivity contribution in [2.45, 2.75) is 6.10 Å². The van der Waals surface area contributed by atoms with Crippen LogP contribution in [0.2, 0.25) is 10.0 Å². The smallest absolute Gasteiger partial charge is 0.141 e. The number of aliphatic hydroxyl groups excluding tert-OH is 1. The van der Waals surface area contributed by atoms with E-state index in [0.717, 1.165) is 0 Å². The molecule has 0 fully saturated rings. The summed E-state index contributed by atoms with van der Waals surface area (Å²) in [6.07, 6.45) is -0.883. The molecule has 3 nitrogen and oxygen atoms in total. The van der Waals surface area contributed by atoms with Gasteiger partial charge >= 0.3 is 0 Å². The lowest BCUT2D eigenvalue weighted by molar-refractivity contribution is 0.192. The molecule has 108 valence electrons. The van der Waals surface area contributed by atoms with Crippen molar-refractivity contribution in [3.63, 3.8) is 0 Å². The van der Waals surface area contributed by atoms with E-state index in [4.69, 9.17) is 28.5 Å². The Balaban J connectivity index is 2.09. The van der Waals surface area contributed by atoms with Crippen molar-refractivity contribution in [2.24, 2.45) is 0 Å². The van der Waals surface area contributed by atoms with Gasteiger partial charge in [0.25, 0.3) is 0 Å². The highest BCUT2D eigenvalue weighted by Gasteiger charge is 2.12. The highest BCUT2D eigenvalue weighted by molar-refractivity contribution is 6.33. The molecule has 0 aliphatic heterocycles. The number of benzene rings is 2. The van der Waals surface area contributed by atoms with Gasteiger partial charge in [-0.05, 0) is 36.4 Å². The normalized spacial score (nSPS) is 11.8. The first-order valence-corrected chi connectivity index (χ1v) is 6.83. The van der Waals surface area contributed by atoms with Crippen LogP contribution in [0.5, 0.6) is 0 Å². The first-order chi connectivity index (χ1) is 10.0. The van der Waals surface area contributed by atoms with E-state index in [9.17, 15) is 9.50 Å². The lowest BCUT2D eigenvalue weighted by Gasteiger charge is -2.15. The van der Waals surface area contributed by atoms with Gasteiger partial charge in [0, 0.05) is 27.8 Å². The molecule has 0 heterocycles. The lowest BCUT2D eigenvalue weighted by atomic mass is 10.1. The Labute approximate surface area is 131 Å². The first kappa shape index (κ1) is 15.6. The number of nitrogens with one attached hydrogen (secondary N) is 1. The molecule has 2 N–H and O–H groups in total. The van der Waals surface area contributed by atoms with Crippen LogP contribution in [0.1, 0.15) is 17.2 Å². The Morgan fingerprint density at radius 1 is 1.24 bits per heavy atom. The van der Waals surface area contributed by atoms with Gasteiger partial charge in [-0.15, -0.1) is 0 Å². The van der Waals surface area contributed by atoms with Crippen LogP contribution in [0.25, 0.3) is 0 Å². The van der Waals surface area contributed by atoms with E-state index in [2.05, 4.69) is 5.32 Å². The molecule has 0 bridgehead atoms. The van der Waals surface area contributed by atoms with Crippen LogP contribution in [0, 0.1) is 17.1 Å². The number of halogens is 3. The molecule has 0 saturated carbocycles. The summed E-state index contributed by atoms with van der Waals surface area (Å²) in [5.74, 6) is -0.582. The maximum absolute atomic E-state index is 13.2. The zero-order valence-corrected chi connectivity index (χ0v) is 12.3. The second-order valence-electron chi connectivity index (χ2n) is 4.37. The molecule has 0 radical (unpaired) electrons. The second-order valence-corrected chi connectivity index (χ2v) is 5.21. The minimum atomic E-state index is -0.883. The third-order valence-corrected chi connectivity index (χ3v) is 3.48. The fourth-order valence-electron chi connectivity index (χ4n) is 1.82. The molecular weight excluding hydrogens is 314 g/mol. The summed E-state index contributed by atoms with van der Waals surface area (Å²) < 4.78 is 13.2. The maximum Gasteiger partial charge on any atom is 0.141 e. The third-order valence-electron chi connectivity index (χ3n) is 2.90. The average molecular weight is 325 g/mol. The number of anilines is 1. The molecular formula is C15H11Cl2FN2O. The highest BCUT2D eigenvalue weighted by Crippen LogP contribution is 2.26. The second kappa shape index (κ2) is 6.77. The quantitative estimate of drug-likeness (QED) is 0.888. The van der Waals surface area contributed by atoms with E-state index in [1.165, 1.54) is 18.2 Å². The summed E-state index contributed by atoms with van der Waals surface area (Å²) in [7, 11) is 0. The van der Waals surface area contributed by atoms with Gasteiger partial charge in [-0.1, -0.05) is 23.2 Å². The van der Waals surface area contributed by atoms with Crippen molar-refractivity contribution in [1.82, 2.24) is 0 Å². The molecule has 1 atom stereocenters. The summed E-state index contributed by atoms with van der Waals surface area (Å²) >= 11 is 11.9. The molecule has 0 spiro atoms. The summed E-state index contributed by atoms with van der Waals surface area (Å²) in [6, 6.07) is 10.6. The number of nitrogens with zero attached hydrogens (tertiary/aromatic N) is 1. The van der Waals surface area contributed by atoms with Crippen molar-refractivity contribution < 1.29 is 9.50 Å². The van der Waals surface area contributed by atoms with Gasteiger partial charge < -0.3 is 10.4 Å². The molecule has 1 unspecified atom stereocenters. The minimum Gasteiger partial charge on any atom is -0.387 e. The van der Waals surface area contributed by atoms with E-state index < -0.39 is 11.9 Å². The molecule has 2 aromatic rings. The van der Waals surface area contributed by atoms with Crippen LogP contribution >= 0.6 is 23.2 Å². The van der Waals surface area contributed by atoms with E-state index in [1.54, 1.807) is 24.3 Å². The molecule has 2 rings (SSSR count). The van der Waals surface area contributed by atoms with E-state index in [1.807, 2.05) is 0 Å². The molecule has 0 saturated heterocycles. The lowest BCUT2D eigenvalue weighted by Crippen LogP contribution is -2.12.